The third-order valence-corrected chi connectivity index (χ3v) is 5.29. The normalized spacial score (nSPS) is 15.1. The predicted molar refractivity (Wildman–Crippen MR) is 114 cm³/mol. The van der Waals surface area contributed by atoms with E-state index in [4.69, 9.17) is 9.47 Å². The largest absolute Gasteiger partial charge is 0.497 e. The van der Waals surface area contributed by atoms with Crippen LogP contribution in [-0.4, -0.2) is 69.2 Å². The highest BCUT2D eigenvalue weighted by Gasteiger charge is 2.18. The van der Waals surface area contributed by atoms with Crippen LogP contribution in [0.15, 0.2) is 48.5 Å². The van der Waals surface area contributed by atoms with Crippen molar-refractivity contribution in [3.8, 4) is 11.5 Å². The lowest BCUT2D eigenvalue weighted by Gasteiger charge is -2.34. The van der Waals surface area contributed by atoms with Crippen molar-refractivity contribution in [1.82, 2.24) is 15.1 Å². The van der Waals surface area contributed by atoms with E-state index in [-0.39, 0.29) is 5.91 Å². The highest BCUT2D eigenvalue weighted by molar-refractivity contribution is 5.78. The van der Waals surface area contributed by atoms with Gasteiger partial charge in [-0.05, 0) is 41.8 Å². The summed E-state index contributed by atoms with van der Waals surface area (Å²) < 4.78 is 10.4. The van der Waals surface area contributed by atoms with E-state index in [1.807, 2.05) is 36.4 Å². The first-order valence-electron chi connectivity index (χ1n) is 10.1. The number of hydrogen-bond acceptors (Lipinski definition) is 5. The van der Waals surface area contributed by atoms with Gasteiger partial charge < -0.3 is 14.8 Å². The zero-order valence-corrected chi connectivity index (χ0v) is 17.4. The van der Waals surface area contributed by atoms with Gasteiger partial charge in [0, 0.05) is 39.3 Å². The van der Waals surface area contributed by atoms with E-state index in [9.17, 15) is 4.79 Å². The van der Waals surface area contributed by atoms with Gasteiger partial charge in [0.1, 0.15) is 11.5 Å². The maximum Gasteiger partial charge on any atom is 0.234 e. The molecular formula is C23H31N3O3. The van der Waals surface area contributed by atoms with E-state index in [0.29, 0.717) is 13.1 Å². The summed E-state index contributed by atoms with van der Waals surface area (Å²) in [4.78, 5) is 16.9. The van der Waals surface area contributed by atoms with Crippen LogP contribution >= 0.6 is 0 Å². The summed E-state index contributed by atoms with van der Waals surface area (Å²) in [6.07, 6.45) is 0.825. The topological polar surface area (TPSA) is 54.0 Å². The van der Waals surface area contributed by atoms with Crippen molar-refractivity contribution >= 4 is 5.91 Å². The maximum atomic E-state index is 12.2. The van der Waals surface area contributed by atoms with Gasteiger partial charge in [-0.1, -0.05) is 24.3 Å². The van der Waals surface area contributed by atoms with Crippen LogP contribution in [0.25, 0.3) is 0 Å². The Morgan fingerprint density at radius 2 is 1.34 bits per heavy atom. The highest BCUT2D eigenvalue weighted by Crippen LogP contribution is 2.14. The fourth-order valence-electron chi connectivity index (χ4n) is 3.49. The highest BCUT2D eigenvalue weighted by atomic mass is 16.5. The second-order valence-electron chi connectivity index (χ2n) is 7.35. The molecule has 1 aliphatic rings. The molecule has 0 bridgehead atoms. The summed E-state index contributed by atoms with van der Waals surface area (Å²) in [5.41, 5.74) is 2.48. The van der Waals surface area contributed by atoms with Crippen molar-refractivity contribution in [3.63, 3.8) is 0 Å². The molecule has 1 N–H and O–H groups in total. The van der Waals surface area contributed by atoms with Gasteiger partial charge in [-0.15, -0.1) is 0 Å². The van der Waals surface area contributed by atoms with Gasteiger partial charge in [0.25, 0.3) is 0 Å². The quantitative estimate of drug-likeness (QED) is 0.703. The number of carbonyl (C=O) groups is 1. The van der Waals surface area contributed by atoms with Crippen molar-refractivity contribution in [2.45, 2.75) is 13.0 Å². The van der Waals surface area contributed by atoms with Crippen LogP contribution in [0.5, 0.6) is 11.5 Å². The van der Waals surface area contributed by atoms with Gasteiger partial charge >= 0.3 is 0 Å². The Morgan fingerprint density at radius 3 is 1.90 bits per heavy atom. The minimum Gasteiger partial charge on any atom is -0.497 e. The Kier molecular flexibility index (Phi) is 7.90. The molecule has 156 valence electrons. The molecule has 1 saturated heterocycles. The van der Waals surface area contributed by atoms with Crippen molar-refractivity contribution in [3.05, 3.63) is 59.7 Å². The molecule has 0 spiro atoms. The van der Waals surface area contributed by atoms with Crippen LogP contribution in [-0.2, 0) is 17.8 Å². The smallest absolute Gasteiger partial charge is 0.234 e. The maximum absolute atomic E-state index is 12.2. The molecule has 0 saturated carbocycles. The summed E-state index contributed by atoms with van der Waals surface area (Å²) >= 11 is 0. The number of rotatable bonds is 9. The van der Waals surface area contributed by atoms with Gasteiger partial charge in [0.15, 0.2) is 0 Å². The number of benzene rings is 2. The van der Waals surface area contributed by atoms with E-state index in [2.05, 4.69) is 27.2 Å². The molecule has 0 aliphatic carbocycles. The van der Waals surface area contributed by atoms with Crippen molar-refractivity contribution in [1.29, 1.82) is 0 Å². The molecule has 1 amide bonds. The molecule has 29 heavy (non-hydrogen) atoms. The van der Waals surface area contributed by atoms with Crippen LogP contribution in [0.3, 0.4) is 0 Å². The van der Waals surface area contributed by atoms with E-state index >= 15 is 0 Å². The van der Waals surface area contributed by atoms with Gasteiger partial charge in [-0.2, -0.15) is 0 Å². The third-order valence-electron chi connectivity index (χ3n) is 5.29. The first kappa shape index (κ1) is 21.1. The lowest BCUT2D eigenvalue weighted by molar-refractivity contribution is -0.122. The first-order chi connectivity index (χ1) is 14.2. The Bertz CT molecular complexity index is 754. The van der Waals surface area contributed by atoms with E-state index in [1.54, 1.807) is 14.2 Å². The summed E-state index contributed by atoms with van der Waals surface area (Å²) in [5, 5.41) is 3.03. The Hall–Kier alpha value is -2.57. The molecule has 6 nitrogen and oxygen atoms in total. The lowest BCUT2D eigenvalue weighted by atomic mass is 10.1. The monoisotopic (exact) mass is 397 g/mol. The van der Waals surface area contributed by atoms with E-state index in [0.717, 1.165) is 50.6 Å². The lowest BCUT2D eigenvalue weighted by Crippen LogP contribution is -2.49. The van der Waals surface area contributed by atoms with Crippen LogP contribution in [0.2, 0.25) is 0 Å². The number of carbonyl (C=O) groups excluding carboxylic acids is 1. The average molecular weight is 398 g/mol. The number of piperazine rings is 1. The molecule has 0 unspecified atom stereocenters. The van der Waals surface area contributed by atoms with Crippen molar-refractivity contribution < 1.29 is 14.3 Å². The summed E-state index contributed by atoms with van der Waals surface area (Å²) in [6.45, 7) is 5.86. The Balaban J connectivity index is 1.32. The summed E-state index contributed by atoms with van der Waals surface area (Å²) in [6, 6.07) is 16.2. The second-order valence-corrected chi connectivity index (χ2v) is 7.35. The molecule has 0 atom stereocenters. The summed E-state index contributed by atoms with van der Waals surface area (Å²) in [7, 11) is 3.34. The van der Waals surface area contributed by atoms with Crippen LogP contribution < -0.4 is 14.8 Å². The number of hydrogen-bond donors (Lipinski definition) is 1. The number of ether oxygens (including phenoxy) is 2. The van der Waals surface area contributed by atoms with Crippen LogP contribution in [0, 0.1) is 0 Å². The van der Waals surface area contributed by atoms with Crippen LogP contribution in [0.1, 0.15) is 11.1 Å². The van der Waals surface area contributed by atoms with Gasteiger partial charge in [-0.3, -0.25) is 14.6 Å². The minimum atomic E-state index is 0.0992. The van der Waals surface area contributed by atoms with Crippen molar-refractivity contribution in [2.24, 2.45) is 0 Å². The standard InChI is InChI=1S/C23H31N3O3/c1-28-21-7-3-19(4-8-21)11-12-24-23(27)18-26-15-13-25(14-16-26)17-20-5-9-22(29-2)10-6-20/h3-10H,11-18H2,1-2H3,(H,24,27). The molecule has 6 heteroatoms. The zero-order chi connectivity index (χ0) is 20.5. The van der Waals surface area contributed by atoms with Crippen molar-refractivity contribution in [2.75, 3.05) is 53.5 Å². The Morgan fingerprint density at radius 1 is 0.828 bits per heavy atom. The summed E-state index contributed by atoms with van der Waals surface area (Å²) in [5.74, 6) is 1.84. The van der Waals surface area contributed by atoms with E-state index < -0.39 is 0 Å². The van der Waals surface area contributed by atoms with Gasteiger partial charge in [-0.25, -0.2) is 0 Å². The molecule has 1 aliphatic heterocycles. The molecule has 1 fully saturated rings. The number of amides is 1. The zero-order valence-electron chi connectivity index (χ0n) is 17.4. The average Bonchev–Trinajstić information content (AvgIpc) is 2.76. The number of nitrogens with zero attached hydrogens (tertiary/aromatic N) is 2. The molecular weight excluding hydrogens is 366 g/mol. The molecule has 2 aromatic rings. The molecule has 3 rings (SSSR count). The second kappa shape index (κ2) is 10.8. The van der Waals surface area contributed by atoms with Gasteiger partial charge in [0.05, 0.1) is 20.8 Å². The predicted octanol–water partition coefficient (Wildman–Crippen LogP) is 2.18. The number of nitrogens with one attached hydrogen (secondary N) is 1. The minimum absolute atomic E-state index is 0.0992. The number of methoxy groups -OCH3 is 2. The van der Waals surface area contributed by atoms with E-state index in [1.165, 1.54) is 11.1 Å². The van der Waals surface area contributed by atoms with Gasteiger partial charge in [0.2, 0.25) is 5.91 Å². The van der Waals surface area contributed by atoms with Crippen LogP contribution in [0.4, 0.5) is 0 Å². The molecule has 0 radical (unpaired) electrons. The fourth-order valence-corrected chi connectivity index (χ4v) is 3.49. The fraction of sp³-hybridized carbons (Fsp3) is 0.435. The molecule has 0 aromatic heterocycles. The SMILES string of the molecule is COc1ccc(CCNC(=O)CN2CCN(Cc3ccc(OC)cc3)CC2)cc1. The molecule has 1 heterocycles. The Labute approximate surface area is 173 Å². The molecule has 2 aromatic carbocycles. The third kappa shape index (κ3) is 6.76. The first-order valence-corrected chi connectivity index (χ1v) is 10.1.